The van der Waals surface area contributed by atoms with Crippen LogP contribution in [0.5, 0.6) is 0 Å². The second-order valence-corrected chi connectivity index (χ2v) is 3.79. The lowest BCUT2D eigenvalue weighted by molar-refractivity contribution is 0.0968. The smallest absolute Gasteiger partial charge is 0.166 e. The lowest BCUT2D eigenvalue weighted by atomic mass is 9.89. The van der Waals surface area contributed by atoms with Crippen molar-refractivity contribution in [2.75, 3.05) is 0 Å². The number of halogens is 2. The number of rotatable bonds is 1. The number of fused-ring (bicyclic) bond motifs is 1. The third-order valence-corrected chi connectivity index (χ3v) is 2.82. The summed E-state index contributed by atoms with van der Waals surface area (Å²) in [7, 11) is 0. The Balaban J connectivity index is 2.56. The first kappa shape index (κ1) is 9.66. The number of hydrogen-bond acceptors (Lipinski definition) is 1. The van der Waals surface area contributed by atoms with E-state index >= 15 is 0 Å². The van der Waals surface area contributed by atoms with E-state index in [4.69, 9.17) is 11.6 Å². The Morgan fingerprint density at radius 3 is 2.86 bits per heavy atom. The summed E-state index contributed by atoms with van der Waals surface area (Å²) in [4.78, 5) is 11.4. The molecule has 0 saturated carbocycles. The van der Waals surface area contributed by atoms with Gasteiger partial charge < -0.3 is 0 Å². The Morgan fingerprint density at radius 2 is 2.14 bits per heavy atom. The van der Waals surface area contributed by atoms with Crippen molar-refractivity contribution >= 4 is 17.4 Å². The molecule has 1 aliphatic carbocycles. The number of aryl methyl sites for hydroxylation is 1. The van der Waals surface area contributed by atoms with E-state index in [-0.39, 0.29) is 11.3 Å². The zero-order valence-electron chi connectivity index (χ0n) is 7.65. The van der Waals surface area contributed by atoms with Gasteiger partial charge in [0.2, 0.25) is 0 Å². The van der Waals surface area contributed by atoms with E-state index in [0.29, 0.717) is 12.3 Å². The van der Waals surface area contributed by atoms with Crippen LogP contribution in [0.2, 0.25) is 0 Å². The van der Waals surface area contributed by atoms with Crippen molar-refractivity contribution in [1.29, 1.82) is 0 Å². The maximum Gasteiger partial charge on any atom is 0.166 e. The number of hydrogen-bond donors (Lipinski definition) is 0. The molecule has 0 aromatic heterocycles. The largest absolute Gasteiger partial charge is 0.294 e. The van der Waals surface area contributed by atoms with Gasteiger partial charge in [-0.15, -0.1) is 11.6 Å². The van der Waals surface area contributed by atoms with Crippen LogP contribution in [0.4, 0.5) is 4.39 Å². The van der Waals surface area contributed by atoms with E-state index < -0.39 is 5.82 Å². The van der Waals surface area contributed by atoms with Crippen LogP contribution in [0, 0.1) is 5.82 Å². The Bertz CT molecular complexity index is 387. The lowest BCUT2D eigenvalue weighted by Crippen LogP contribution is -2.13. The van der Waals surface area contributed by atoms with Crippen LogP contribution in [0.15, 0.2) is 12.1 Å². The van der Waals surface area contributed by atoms with Gasteiger partial charge >= 0.3 is 0 Å². The SMILES string of the molecule is O=C1CCCc2cc(CCl)cc(F)c21. The molecule has 1 aromatic carbocycles. The topological polar surface area (TPSA) is 17.1 Å². The molecule has 1 aromatic rings. The molecule has 0 radical (unpaired) electrons. The number of carbonyl (C=O) groups excluding carboxylic acids is 1. The van der Waals surface area contributed by atoms with Gasteiger partial charge in [-0.05, 0) is 30.0 Å². The zero-order chi connectivity index (χ0) is 10.1. The number of benzene rings is 1. The van der Waals surface area contributed by atoms with Gasteiger partial charge in [0.25, 0.3) is 0 Å². The van der Waals surface area contributed by atoms with E-state index in [1.165, 1.54) is 6.07 Å². The van der Waals surface area contributed by atoms with E-state index in [2.05, 4.69) is 0 Å². The summed E-state index contributed by atoms with van der Waals surface area (Å²) >= 11 is 5.63. The van der Waals surface area contributed by atoms with Crippen molar-refractivity contribution in [3.8, 4) is 0 Å². The van der Waals surface area contributed by atoms with Gasteiger partial charge in [0.1, 0.15) is 5.82 Å². The highest BCUT2D eigenvalue weighted by Crippen LogP contribution is 2.25. The summed E-state index contributed by atoms with van der Waals surface area (Å²) in [5.41, 5.74) is 1.85. The molecule has 0 fully saturated rings. The average molecular weight is 213 g/mol. The predicted molar refractivity (Wildman–Crippen MR) is 53.2 cm³/mol. The van der Waals surface area contributed by atoms with Gasteiger partial charge in [-0.2, -0.15) is 0 Å². The lowest BCUT2D eigenvalue weighted by Gasteiger charge is -2.16. The van der Waals surface area contributed by atoms with Gasteiger partial charge in [-0.1, -0.05) is 6.07 Å². The molecule has 0 saturated heterocycles. The van der Waals surface area contributed by atoms with Crippen molar-refractivity contribution in [1.82, 2.24) is 0 Å². The molecule has 0 atom stereocenters. The molecule has 0 unspecified atom stereocenters. The number of alkyl halides is 1. The third-order valence-electron chi connectivity index (χ3n) is 2.51. The molecular weight excluding hydrogens is 203 g/mol. The first-order chi connectivity index (χ1) is 6.72. The van der Waals surface area contributed by atoms with Crippen LogP contribution in [-0.2, 0) is 12.3 Å². The van der Waals surface area contributed by atoms with Gasteiger partial charge in [0.15, 0.2) is 5.78 Å². The molecule has 0 amide bonds. The first-order valence-electron chi connectivity index (χ1n) is 4.63. The molecule has 0 spiro atoms. The standard InChI is InChI=1S/C11H10ClFO/c12-6-7-4-8-2-1-3-10(14)11(8)9(13)5-7/h4-5H,1-3,6H2. The van der Waals surface area contributed by atoms with Gasteiger partial charge in [0, 0.05) is 12.3 Å². The van der Waals surface area contributed by atoms with E-state index in [0.717, 1.165) is 24.0 Å². The van der Waals surface area contributed by atoms with Crippen LogP contribution >= 0.6 is 11.6 Å². The highest BCUT2D eigenvalue weighted by molar-refractivity contribution is 6.17. The van der Waals surface area contributed by atoms with Gasteiger partial charge in [-0.25, -0.2) is 4.39 Å². The van der Waals surface area contributed by atoms with E-state index in [9.17, 15) is 9.18 Å². The fourth-order valence-corrected chi connectivity index (χ4v) is 2.03. The quantitative estimate of drug-likeness (QED) is 0.654. The van der Waals surface area contributed by atoms with Crippen LogP contribution in [-0.4, -0.2) is 5.78 Å². The van der Waals surface area contributed by atoms with Crippen LogP contribution < -0.4 is 0 Å². The number of ketones is 1. The number of carbonyl (C=O) groups is 1. The molecule has 0 heterocycles. The number of Topliss-reactive ketones (excluding diaryl/α,β-unsaturated/α-hetero) is 1. The fraction of sp³-hybridized carbons (Fsp3) is 0.364. The maximum absolute atomic E-state index is 13.5. The molecule has 1 nitrogen and oxygen atoms in total. The van der Waals surface area contributed by atoms with E-state index in [1.54, 1.807) is 0 Å². The Kier molecular flexibility index (Phi) is 2.55. The van der Waals surface area contributed by atoms with Gasteiger partial charge in [-0.3, -0.25) is 4.79 Å². The van der Waals surface area contributed by atoms with Gasteiger partial charge in [0.05, 0.1) is 5.56 Å². The summed E-state index contributed by atoms with van der Waals surface area (Å²) in [6, 6.07) is 3.19. The van der Waals surface area contributed by atoms with Crippen molar-refractivity contribution in [3.63, 3.8) is 0 Å². The first-order valence-corrected chi connectivity index (χ1v) is 5.16. The fourth-order valence-electron chi connectivity index (χ4n) is 1.88. The summed E-state index contributed by atoms with van der Waals surface area (Å²) < 4.78 is 13.5. The molecule has 0 N–H and O–H groups in total. The van der Waals surface area contributed by atoms with Crippen LogP contribution in [0.1, 0.15) is 34.3 Å². The monoisotopic (exact) mass is 212 g/mol. The molecule has 14 heavy (non-hydrogen) atoms. The van der Waals surface area contributed by atoms with Crippen LogP contribution in [0.3, 0.4) is 0 Å². The average Bonchev–Trinajstić information content (AvgIpc) is 2.17. The summed E-state index contributed by atoms with van der Waals surface area (Å²) in [6.07, 6.45) is 2.06. The van der Waals surface area contributed by atoms with Crippen molar-refractivity contribution in [2.24, 2.45) is 0 Å². The molecule has 74 valence electrons. The van der Waals surface area contributed by atoms with Crippen molar-refractivity contribution < 1.29 is 9.18 Å². The highest BCUT2D eigenvalue weighted by Gasteiger charge is 2.21. The minimum absolute atomic E-state index is 0.0788. The second kappa shape index (κ2) is 3.70. The molecule has 0 aliphatic heterocycles. The minimum atomic E-state index is -0.414. The second-order valence-electron chi connectivity index (χ2n) is 3.52. The highest BCUT2D eigenvalue weighted by atomic mass is 35.5. The Hall–Kier alpha value is -0.890. The minimum Gasteiger partial charge on any atom is -0.294 e. The van der Waals surface area contributed by atoms with E-state index in [1.807, 2.05) is 6.07 Å². The zero-order valence-corrected chi connectivity index (χ0v) is 8.40. The third kappa shape index (κ3) is 1.55. The molecule has 2 rings (SSSR count). The molecule has 0 bridgehead atoms. The normalized spacial score (nSPS) is 15.4. The maximum atomic E-state index is 13.5. The Labute approximate surface area is 86.9 Å². The summed E-state index contributed by atoms with van der Waals surface area (Å²) in [6.45, 7) is 0. The van der Waals surface area contributed by atoms with Crippen molar-refractivity contribution in [2.45, 2.75) is 25.1 Å². The van der Waals surface area contributed by atoms with Crippen LogP contribution in [0.25, 0.3) is 0 Å². The molecule has 3 heteroatoms. The Morgan fingerprint density at radius 1 is 1.36 bits per heavy atom. The van der Waals surface area contributed by atoms with Crippen molar-refractivity contribution in [3.05, 3.63) is 34.6 Å². The molecule has 1 aliphatic rings. The summed E-state index contributed by atoms with van der Waals surface area (Å²) in [5, 5.41) is 0. The molecular formula is C11H10ClFO. The predicted octanol–water partition coefficient (Wildman–Crippen LogP) is 3.08. The summed E-state index contributed by atoms with van der Waals surface area (Å²) in [5.74, 6) is -0.203.